The molecule has 2 heterocycles. The van der Waals surface area contributed by atoms with Crippen LogP contribution in [0.25, 0.3) is 11.0 Å². The molecule has 0 saturated carbocycles. The average molecular weight is 265 g/mol. The van der Waals surface area contributed by atoms with Gasteiger partial charge in [0.25, 0.3) is 0 Å². The molecule has 2 aromatic carbocycles. The second-order valence-corrected chi connectivity index (χ2v) is 5.09. The highest BCUT2D eigenvalue weighted by molar-refractivity contribution is 5.79. The first-order valence-corrected chi connectivity index (χ1v) is 6.77. The molecule has 20 heavy (non-hydrogen) atoms. The van der Waals surface area contributed by atoms with Crippen LogP contribution >= 0.6 is 0 Å². The predicted molar refractivity (Wildman–Crippen MR) is 78.8 cm³/mol. The SMILES string of the molecule is Nc1ccc2c(c1)ncn2C1CCOc2ccccc21. The van der Waals surface area contributed by atoms with Crippen LogP contribution < -0.4 is 10.5 Å². The molecule has 2 N–H and O–H groups in total. The zero-order chi connectivity index (χ0) is 13.5. The Balaban J connectivity index is 1.88. The normalized spacial score (nSPS) is 17.7. The second kappa shape index (κ2) is 4.27. The summed E-state index contributed by atoms with van der Waals surface area (Å²) in [5.41, 5.74) is 9.83. The number of aromatic nitrogens is 2. The van der Waals surface area contributed by atoms with Crippen LogP contribution in [-0.2, 0) is 0 Å². The zero-order valence-electron chi connectivity index (χ0n) is 11.0. The lowest BCUT2D eigenvalue weighted by Crippen LogP contribution is -2.19. The summed E-state index contributed by atoms with van der Waals surface area (Å²) in [5.74, 6) is 0.973. The molecule has 100 valence electrons. The molecule has 4 nitrogen and oxygen atoms in total. The monoisotopic (exact) mass is 265 g/mol. The largest absolute Gasteiger partial charge is 0.493 e. The fourth-order valence-corrected chi connectivity index (χ4v) is 2.91. The number of fused-ring (bicyclic) bond motifs is 2. The fourth-order valence-electron chi connectivity index (χ4n) is 2.91. The van der Waals surface area contributed by atoms with Gasteiger partial charge in [-0.05, 0) is 24.3 Å². The van der Waals surface area contributed by atoms with Gasteiger partial charge in [-0.1, -0.05) is 18.2 Å². The first-order chi connectivity index (χ1) is 9.83. The Labute approximate surface area is 116 Å². The highest BCUT2D eigenvalue weighted by atomic mass is 16.5. The molecule has 1 aliphatic rings. The molecule has 0 radical (unpaired) electrons. The third-order valence-corrected chi connectivity index (χ3v) is 3.86. The minimum Gasteiger partial charge on any atom is -0.493 e. The summed E-state index contributed by atoms with van der Waals surface area (Å²) in [4.78, 5) is 4.47. The van der Waals surface area contributed by atoms with Gasteiger partial charge in [0.15, 0.2) is 0 Å². The van der Waals surface area contributed by atoms with E-state index >= 15 is 0 Å². The van der Waals surface area contributed by atoms with Crippen molar-refractivity contribution >= 4 is 16.7 Å². The molecule has 0 saturated heterocycles. The van der Waals surface area contributed by atoms with Crippen LogP contribution in [0.15, 0.2) is 48.8 Å². The third kappa shape index (κ3) is 1.65. The van der Waals surface area contributed by atoms with Crippen molar-refractivity contribution in [2.24, 2.45) is 0 Å². The van der Waals surface area contributed by atoms with Crippen molar-refractivity contribution in [3.05, 3.63) is 54.4 Å². The number of nitrogen functional groups attached to an aromatic ring is 1. The Hall–Kier alpha value is -2.49. The molecule has 1 unspecified atom stereocenters. The van der Waals surface area contributed by atoms with E-state index < -0.39 is 0 Å². The quantitative estimate of drug-likeness (QED) is 0.688. The van der Waals surface area contributed by atoms with E-state index in [1.807, 2.05) is 36.7 Å². The van der Waals surface area contributed by atoms with E-state index in [2.05, 4.69) is 21.7 Å². The Morgan fingerprint density at radius 3 is 3.05 bits per heavy atom. The Morgan fingerprint density at radius 1 is 1.20 bits per heavy atom. The molecular formula is C16H15N3O. The summed E-state index contributed by atoms with van der Waals surface area (Å²) < 4.78 is 7.95. The lowest BCUT2D eigenvalue weighted by molar-refractivity contribution is 0.258. The van der Waals surface area contributed by atoms with Gasteiger partial charge in [-0.3, -0.25) is 0 Å². The van der Waals surface area contributed by atoms with Crippen LogP contribution in [0.5, 0.6) is 5.75 Å². The van der Waals surface area contributed by atoms with E-state index in [1.165, 1.54) is 5.56 Å². The lowest BCUT2D eigenvalue weighted by Gasteiger charge is -2.27. The molecule has 0 amide bonds. The molecule has 3 aromatic rings. The molecule has 4 heteroatoms. The number of nitrogens with two attached hydrogens (primary N) is 1. The van der Waals surface area contributed by atoms with Gasteiger partial charge in [-0.25, -0.2) is 4.98 Å². The number of para-hydroxylation sites is 1. The molecule has 4 rings (SSSR count). The van der Waals surface area contributed by atoms with Crippen LogP contribution in [0.3, 0.4) is 0 Å². The molecule has 0 bridgehead atoms. The molecular weight excluding hydrogens is 250 g/mol. The predicted octanol–water partition coefficient (Wildman–Crippen LogP) is 2.99. The number of hydrogen-bond donors (Lipinski definition) is 1. The van der Waals surface area contributed by atoms with Crippen molar-refractivity contribution in [2.45, 2.75) is 12.5 Å². The van der Waals surface area contributed by atoms with Gasteiger partial charge in [0.2, 0.25) is 0 Å². The van der Waals surface area contributed by atoms with Gasteiger partial charge in [0.05, 0.1) is 30.0 Å². The van der Waals surface area contributed by atoms with Crippen molar-refractivity contribution in [2.75, 3.05) is 12.3 Å². The number of benzene rings is 2. The van der Waals surface area contributed by atoms with Crippen molar-refractivity contribution in [1.29, 1.82) is 0 Å². The Morgan fingerprint density at radius 2 is 2.10 bits per heavy atom. The van der Waals surface area contributed by atoms with Gasteiger partial charge < -0.3 is 15.0 Å². The number of nitrogens with zero attached hydrogens (tertiary/aromatic N) is 2. The zero-order valence-corrected chi connectivity index (χ0v) is 11.0. The van der Waals surface area contributed by atoms with Crippen LogP contribution in [0.1, 0.15) is 18.0 Å². The molecule has 1 atom stereocenters. The van der Waals surface area contributed by atoms with Crippen molar-refractivity contribution in [3.63, 3.8) is 0 Å². The molecule has 0 fully saturated rings. The van der Waals surface area contributed by atoms with Crippen LogP contribution in [0.4, 0.5) is 5.69 Å². The topological polar surface area (TPSA) is 53.1 Å². The lowest BCUT2D eigenvalue weighted by atomic mass is 10.0. The van der Waals surface area contributed by atoms with Gasteiger partial charge in [0.1, 0.15) is 5.75 Å². The number of ether oxygens (including phenoxy) is 1. The van der Waals surface area contributed by atoms with Crippen molar-refractivity contribution in [1.82, 2.24) is 9.55 Å². The van der Waals surface area contributed by atoms with Gasteiger partial charge in [0, 0.05) is 17.7 Å². The van der Waals surface area contributed by atoms with Crippen molar-refractivity contribution in [3.8, 4) is 5.75 Å². The minimum absolute atomic E-state index is 0.272. The first-order valence-electron chi connectivity index (χ1n) is 6.77. The maximum atomic E-state index is 5.82. The maximum absolute atomic E-state index is 5.82. The Kier molecular flexibility index (Phi) is 2.42. The summed E-state index contributed by atoms with van der Waals surface area (Å²) in [5, 5.41) is 0. The van der Waals surface area contributed by atoms with Gasteiger partial charge in [-0.15, -0.1) is 0 Å². The van der Waals surface area contributed by atoms with E-state index in [0.29, 0.717) is 0 Å². The summed E-state index contributed by atoms with van der Waals surface area (Å²) in [6.45, 7) is 0.732. The van der Waals surface area contributed by atoms with E-state index in [-0.39, 0.29) is 6.04 Å². The molecule has 0 spiro atoms. The molecule has 1 aliphatic heterocycles. The first kappa shape index (κ1) is 11.3. The van der Waals surface area contributed by atoms with Gasteiger partial charge in [-0.2, -0.15) is 0 Å². The number of rotatable bonds is 1. The highest BCUT2D eigenvalue weighted by Crippen LogP contribution is 2.36. The summed E-state index contributed by atoms with van der Waals surface area (Å²) >= 11 is 0. The van der Waals surface area contributed by atoms with E-state index in [9.17, 15) is 0 Å². The molecule has 1 aromatic heterocycles. The highest BCUT2D eigenvalue weighted by Gasteiger charge is 2.23. The summed E-state index contributed by atoms with van der Waals surface area (Å²) in [6.07, 6.45) is 2.85. The van der Waals surface area contributed by atoms with E-state index in [1.54, 1.807) is 0 Å². The van der Waals surface area contributed by atoms with Gasteiger partial charge >= 0.3 is 0 Å². The Bertz CT molecular complexity index is 778. The molecule has 0 aliphatic carbocycles. The summed E-state index contributed by atoms with van der Waals surface area (Å²) in [6, 6.07) is 14.4. The van der Waals surface area contributed by atoms with Crippen LogP contribution in [0.2, 0.25) is 0 Å². The van der Waals surface area contributed by atoms with Crippen LogP contribution in [-0.4, -0.2) is 16.2 Å². The number of hydrogen-bond acceptors (Lipinski definition) is 3. The smallest absolute Gasteiger partial charge is 0.124 e. The second-order valence-electron chi connectivity index (χ2n) is 5.09. The fraction of sp³-hybridized carbons (Fsp3) is 0.188. The average Bonchev–Trinajstić information content (AvgIpc) is 2.89. The third-order valence-electron chi connectivity index (χ3n) is 3.86. The van der Waals surface area contributed by atoms with E-state index in [4.69, 9.17) is 10.5 Å². The summed E-state index contributed by atoms with van der Waals surface area (Å²) in [7, 11) is 0. The van der Waals surface area contributed by atoms with Crippen molar-refractivity contribution < 1.29 is 4.74 Å². The minimum atomic E-state index is 0.272. The van der Waals surface area contributed by atoms with Crippen LogP contribution in [0, 0.1) is 0 Å². The van der Waals surface area contributed by atoms with E-state index in [0.717, 1.165) is 35.5 Å². The number of imidazole rings is 1. The number of anilines is 1. The maximum Gasteiger partial charge on any atom is 0.124 e. The standard InChI is InChI=1S/C16H15N3O/c17-11-5-6-15-13(9-11)18-10-19(15)14-7-8-20-16-4-2-1-3-12(14)16/h1-6,9-10,14H,7-8,17H2.